The predicted octanol–water partition coefficient (Wildman–Crippen LogP) is 3.09. The summed E-state index contributed by atoms with van der Waals surface area (Å²) >= 11 is 0. The number of anilines is 2. The van der Waals surface area contributed by atoms with E-state index < -0.39 is 0 Å². The molecule has 0 bridgehead atoms. The fourth-order valence-electron chi connectivity index (χ4n) is 4.48. The lowest BCUT2D eigenvalue weighted by Crippen LogP contribution is -2.51. The van der Waals surface area contributed by atoms with Crippen LogP contribution in [-0.4, -0.2) is 44.8 Å². The second-order valence-corrected chi connectivity index (χ2v) is 8.10. The van der Waals surface area contributed by atoms with Crippen molar-refractivity contribution in [1.82, 2.24) is 19.7 Å². The molecule has 168 valence electrons. The Morgan fingerprint density at radius 3 is 2.72 bits per heavy atom. The summed E-state index contributed by atoms with van der Waals surface area (Å²) in [6.07, 6.45) is 9.05. The second kappa shape index (κ2) is 9.28. The van der Waals surface area contributed by atoms with E-state index in [0.29, 0.717) is 19.5 Å². The molecule has 2 aliphatic rings. The molecule has 4 heterocycles. The highest BCUT2D eigenvalue weighted by atomic mass is 32.1. The Bertz CT molecular complexity index is 1100. The van der Waals surface area contributed by atoms with Gasteiger partial charge in [-0.2, -0.15) is 18.6 Å². The number of hydrogen-bond donors (Lipinski definition) is 0. The Labute approximate surface area is 193 Å². The van der Waals surface area contributed by atoms with Gasteiger partial charge in [-0.25, -0.2) is 14.4 Å². The molecule has 0 N–H and O–H groups in total. The van der Waals surface area contributed by atoms with Crippen LogP contribution in [-0.2, 0) is 24.2 Å². The lowest BCUT2D eigenvalue weighted by atomic mass is 10.1. The molecule has 1 atom stereocenters. The minimum atomic E-state index is -0.235. The van der Waals surface area contributed by atoms with Crippen LogP contribution in [0.1, 0.15) is 36.7 Å². The summed E-state index contributed by atoms with van der Waals surface area (Å²) in [5, 5.41) is 4.42. The van der Waals surface area contributed by atoms with Gasteiger partial charge in [0.1, 0.15) is 23.4 Å². The minimum Gasteiger partial charge on any atom is -0.343 e. The molecular formula is C23H27FN6OS. The summed E-state index contributed by atoms with van der Waals surface area (Å²) < 4.78 is 14.9. The van der Waals surface area contributed by atoms with Crippen molar-refractivity contribution in [1.29, 1.82) is 0 Å². The van der Waals surface area contributed by atoms with Gasteiger partial charge in [0.2, 0.25) is 5.91 Å². The van der Waals surface area contributed by atoms with Crippen LogP contribution in [0.3, 0.4) is 0 Å². The lowest BCUT2D eigenvalue weighted by molar-refractivity contribution is -0.119. The van der Waals surface area contributed by atoms with Crippen molar-refractivity contribution in [3.8, 4) is 0 Å². The van der Waals surface area contributed by atoms with Crippen LogP contribution in [0.2, 0.25) is 0 Å². The lowest BCUT2D eigenvalue weighted by Gasteiger charge is -2.37. The van der Waals surface area contributed by atoms with E-state index in [9.17, 15) is 9.18 Å². The van der Waals surface area contributed by atoms with Crippen molar-refractivity contribution < 1.29 is 9.18 Å². The third-order valence-corrected chi connectivity index (χ3v) is 6.06. The molecule has 0 spiro atoms. The molecule has 1 aromatic carbocycles. The van der Waals surface area contributed by atoms with Crippen molar-refractivity contribution >= 4 is 30.9 Å². The van der Waals surface area contributed by atoms with Gasteiger partial charge in [-0.3, -0.25) is 9.48 Å². The summed E-state index contributed by atoms with van der Waals surface area (Å²) in [5.41, 5.74) is 2.93. The van der Waals surface area contributed by atoms with Crippen molar-refractivity contribution in [2.75, 3.05) is 22.9 Å². The van der Waals surface area contributed by atoms with Gasteiger partial charge < -0.3 is 9.80 Å². The zero-order chi connectivity index (χ0) is 21.4. The fraction of sp³-hybridized carbons (Fsp3) is 0.391. The van der Waals surface area contributed by atoms with Gasteiger partial charge in [0.05, 0.1) is 18.9 Å². The summed E-state index contributed by atoms with van der Waals surface area (Å²) in [6.45, 7) is 4.09. The number of carbonyl (C=O) groups excluding carboxylic acids is 1. The van der Waals surface area contributed by atoms with E-state index in [1.165, 1.54) is 12.1 Å². The SMILES string of the molecule is CCN1C(=O)[C@@H]2CCCN2c2nc(CCc3cnn(Cc4ccc(F)cc4)c3)ncc21.S. The van der Waals surface area contributed by atoms with E-state index in [-0.39, 0.29) is 31.3 Å². The normalized spacial score (nSPS) is 17.2. The Balaban J connectivity index is 0.00000245. The highest BCUT2D eigenvalue weighted by Crippen LogP contribution is 2.38. The minimum absolute atomic E-state index is 0. The summed E-state index contributed by atoms with van der Waals surface area (Å²) in [5.74, 6) is 1.60. The average molecular weight is 455 g/mol. The number of fused-ring (bicyclic) bond motifs is 3. The summed E-state index contributed by atoms with van der Waals surface area (Å²) in [6, 6.07) is 6.39. The van der Waals surface area contributed by atoms with E-state index in [1.54, 1.807) is 18.3 Å². The van der Waals surface area contributed by atoms with Crippen LogP contribution in [0.4, 0.5) is 15.9 Å². The molecular weight excluding hydrogens is 427 g/mol. The van der Waals surface area contributed by atoms with E-state index >= 15 is 0 Å². The Morgan fingerprint density at radius 1 is 1.12 bits per heavy atom. The molecule has 5 rings (SSSR count). The first-order valence-electron chi connectivity index (χ1n) is 10.8. The first kappa shape index (κ1) is 22.3. The number of nitrogens with zero attached hydrogens (tertiary/aromatic N) is 6. The molecule has 0 aliphatic carbocycles. The zero-order valence-electron chi connectivity index (χ0n) is 18.0. The summed E-state index contributed by atoms with van der Waals surface area (Å²) in [4.78, 5) is 26.1. The zero-order valence-corrected chi connectivity index (χ0v) is 19.0. The Hall–Kier alpha value is -2.94. The van der Waals surface area contributed by atoms with Crippen LogP contribution >= 0.6 is 13.5 Å². The van der Waals surface area contributed by atoms with Crippen LogP contribution in [0, 0.1) is 5.82 Å². The van der Waals surface area contributed by atoms with Crippen LogP contribution in [0.5, 0.6) is 0 Å². The maximum Gasteiger partial charge on any atom is 0.249 e. The molecule has 1 saturated heterocycles. The molecule has 2 aromatic heterocycles. The number of hydrogen-bond acceptors (Lipinski definition) is 5. The molecule has 0 radical (unpaired) electrons. The maximum atomic E-state index is 13.1. The number of amides is 1. The number of benzene rings is 1. The first-order valence-corrected chi connectivity index (χ1v) is 10.8. The monoisotopic (exact) mass is 454 g/mol. The average Bonchev–Trinajstić information content (AvgIpc) is 3.44. The van der Waals surface area contributed by atoms with Crippen molar-refractivity contribution in [2.45, 2.75) is 45.2 Å². The van der Waals surface area contributed by atoms with E-state index in [0.717, 1.165) is 54.3 Å². The third-order valence-electron chi connectivity index (χ3n) is 6.06. The van der Waals surface area contributed by atoms with Crippen LogP contribution in [0.25, 0.3) is 0 Å². The number of likely N-dealkylation sites (N-methyl/N-ethyl adjacent to an activating group) is 1. The first-order chi connectivity index (χ1) is 15.1. The number of aromatic nitrogens is 4. The third kappa shape index (κ3) is 4.21. The molecule has 7 nitrogen and oxygen atoms in total. The fourth-order valence-corrected chi connectivity index (χ4v) is 4.48. The topological polar surface area (TPSA) is 67.2 Å². The van der Waals surface area contributed by atoms with Crippen molar-refractivity contribution in [3.05, 3.63) is 65.6 Å². The van der Waals surface area contributed by atoms with Gasteiger partial charge in [-0.15, -0.1) is 0 Å². The molecule has 1 fully saturated rings. The van der Waals surface area contributed by atoms with Crippen molar-refractivity contribution in [2.24, 2.45) is 0 Å². The predicted molar refractivity (Wildman–Crippen MR) is 126 cm³/mol. The molecule has 1 amide bonds. The molecule has 2 aliphatic heterocycles. The van der Waals surface area contributed by atoms with Gasteiger partial charge in [0, 0.05) is 25.7 Å². The van der Waals surface area contributed by atoms with Crippen LogP contribution in [0.15, 0.2) is 42.9 Å². The van der Waals surface area contributed by atoms with Gasteiger partial charge in [-0.05, 0) is 49.4 Å². The van der Waals surface area contributed by atoms with E-state index in [1.807, 2.05) is 28.9 Å². The van der Waals surface area contributed by atoms with Gasteiger partial charge in [0.25, 0.3) is 0 Å². The van der Waals surface area contributed by atoms with Crippen molar-refractivity contribution in [3.63, 3.8) is 0 Å². The number of aryl methyl sites for hydroxylation is 2. The summed E-state index contributed by atoms with van der Waals surface area (Å²) in [7, 11) is 0. The molecule has 0 saturated carbocycles. The largest absolute Gasteiger partial charge is 0.343 e. The Morgan fingerprint density at radius 2 is 1.94 bits per heavy atom. The second-order valence-electron chi connectivity index (χ2n) is 8.10. The van der Waals surface area contributed by atoms with Gasteiger partial charge >= 0.3 is 0 Å². The molecule has 0 unspecified atom stereocenters. The number of halogens is 1. The molecule has 9 heteroatoms. The van der Waals surface area contributed by atoms with Crippen LogP contribution < -0.4 is 9.80 Å². The highest BCUT2D eigenvalue weighted by Gasteiger charge is 2.41. The van der Waals surface area contributed by atoms with Gasteiger partial charge in [-0.1, -0.05) is 12.1 Å². The smallest absolute Gasteiger partial charge is 0.249 e. The molecule has 32 heavy (non-hydrogen) atoms. The standard InChI is InChI=1S/C23H25FN6O.H2S/c1-2-29-20-13-25-21(27-22(20)30-11-3-4-19(30)23(29)31)10-7-17-12-26-28(15-17)14-16-5-8-18(24)9-6-16;/h5-6,8-9,12-13,15,19H,2-4,7,10-11,14H2,1H3;1H2/t19-;/m0./s1. The molecule has 3 aromatic rings. The highest BCUT2D eigenvalue weighted by molar-refractivity contribution is 7.59. The van der Waals surface area contributed by atoms with E-state index in [2.05, 4.69) is 15.0 Å². The van der Waals surface area contributed by atoms with Gasteiger partial charge in [0.15, 0.2) is 5.82 Å². The maximum absolute atomic E-state index is 13.1. The number of rotatable bonds is 6. The van der Waals surface area contributed by atoms with E-state index in [4.69, 9.17) is 4.98 Å². The number of carbonyl (C=O) groups is 1. The quantitative estimate of drug-likeness (QED) is 0.573. The Kier molecular flexibility index (Phi) is 6.45.